The summed E-state index contributed by atoms with van der Waals surface area (Å²) in [6.45, 7) is 0.670. The van der Waals surface area contributed by atoms with E-state index in [0.29, 0.717) is 6.54 Å². The second-order valence-electron chi connectivity index (χ2n) is 5.03. The van der Waals surface area contributed by atoms with Crippen molar-refractivity contribution in [3.63, 3.8) is 0 Å². The molecule has 0 atom stereocenters. The Morgan fingerprint density at radius 2 is 2.13 bits per heavy atom. The number of H-pyrrole nitrogens is 1. The highest BCUT2D eigenvalue weighted by Crippen LogP contribution is 2.12. The Hall–Kier alpha value is -3.08. The van der Waals surface area contributed by atoms with Crippen LogP contribution in [-0.4, -0.2) is 22.6 Å². The van der Waals surface area contributed by atoms with Crippen LogP contribution in [0, 0.1) is 0 Å². The summed E-state index contributed by atoms with van der Waals surface area (Å²) in [5, 5.41) is 3.74. The van der Waals surface area contributed by atoms with Crippen molar-refractivity contribution in [3.8, 4) is 0 Å². The number of hydrogen-bond donors (Lipinski definition) is 2. The van der Waals surface area contributed by atoms with Crippen molar-refractivity contribution in [1.82, 2.24) is 15.3 Å². The minimum atomic E-state index is -0.433. The van der Waals surface area contributed by atoms with Gasteiger partial charge in [0.2, 0.25) is 0 Å². The Bertz CT molecular complexity index is 809. The van der Waals surface area contributed by atoms with E-state index < -0.39 is 6.09 Å². The number of ether oxygens (including phenoxy) is 1. The third-order valence-corrected chi connectivity index (χ3v) is 3.31. The normalized spacial score (nSPS) is 11.0. The number of hydrogen-bond acceptors (Lipinski definition) is 3. The molecule has 0 saturated heterocycles. The summed E-state index contributed by atoms with van der Waals surface area (Å²) in [4.78, 5) is 18.9. The lowest BCUT2D eigenvalue weighted by Gasteiger charge is -2.05. The van der Waals surface area contributed by atoms with Gasteiger partial charge in [0.05, 0.1) is 0 Å². The van der Waals surface area contributed by atoms with Gasteiger partial charge in [0, 0.05) is 24.3 Å². The monoisotopic (exact) mass is 307 g/mol. The maximum atomic E-state index is 11.6. The highest BCUT2D eigenvalue weighted by molar-refractivity contribution is 5.77. The molecule has 0 bridgehead atoms. The lowest BCUT2D eigenvalue weighted by molar-refractivity contribution is 0.141. The van der Waals surface area contributed by atoms with Crippen molar-refractivity contribution in [2.75, 3.05) is 6.54 Å². The highest BCUT2D eigenvalue weighted by atomic mass is 16.5. The number of aromatic amines is 1. The summed E-state index contributed by atoms with van der Waals surface area (Å²) in [6.07, 6.45) is 6.98. The Kier molecular flexibility index (Phi) is 4.69. The molecule has 2 N–H and O–H groups in total. The fraction of sp³-hybridized carbons (Fsp3) is 0.111. The van der Waals surface area contributed by atoms with Gasteiger partial charge in [-0.25, -0.2) is 9.78 Å². The van der Waals surface area contributed by atoms with Gasteiger partial charge in [-0.05, 0) is 23.3 Å². The van der Waals surface area contributed by atoms with Crippen LogP contribution in [0.4, 0.5) is 4.79 Å². The second-order valence-corrected chi connectivity index (χ2v) is 5.03. The smallest absolute Gasteiger partial charge is 0.407 e. The maximum Gasteiger partial charge on any atom is 0.407 e. The van der Waals surface area contributed by atoms with Crippen LogP contribution in [0.2, 0.25) is 0 Å². The lowest BCUT2D eigenvalue weighted by Crippen LogP contribution is -2.24. The first kappa shape index (κ1) is 14.8. The first-order chi connectivity index (χ1) is 11.3. The molecule has 2 heterocycles. The quantitative estimate of drug-likeness (QED) is 0.758. The van der Waals surface area contributed by atoms with E-state index in [1.54, 1.807) is 6.20 Å². The number of fused-ring (bicyclic) bond motifs is 1. The Morgan fingerprint density at radius 3 is 3.00 bits per heavy atom. The van der Waals surface area contributed by atoms with E-state index in [9.17, 15) is 4.79 Å². The third kappa shape index (κ3) is 4.20. The molecule has 0 radical (unpaired) electrons. The van der Waals surface area contributed by atoms with Crippen molar-refractivity contribution in [2.24, 2.45) is 0 Å². The number of nitrogens with zero attached hydrogens (tertiary/aromatic N) is 1. The zero-order valence-corrected chi connectivity index (χ0v) is 12.5. The number of pyridine rings is 1. The number of carbonyl (C=O) groups is 1. The second kappa shape index (κ2) is 7.26. The molecule has 1 amide bonds. The fourth-order valence-electron chi connectivity index (χ4n) is 2.16. The molecule has 3 rings (SSSR count). The van der Waals surface area contributed by atoms with Crippen LogP contribution < -0.4 is 5.32 Å². The molecule has 0 aliphatic rings. The van der Waals surface area contributed by atoms with Gasteiger partial charge in [-0.2, -0.15) is 0 Å². The third-order valence-electron chi connectivity index (χ3n) is 3.31. The van der Waals surface area contributed by atoms with Crippen LogP contribution in [0.5, 0.6) is 0 Å². The maximum absolute atomic E-state index is 11.6. The lowest BCUT2D eigenvalue weighted by atomic mass is 10.2. The van der Waals surface area contributed by atoms with Crippen molar-refractivity contribution < 1.29 is 9.53 Å². The van der Waals surface area contributed by atoms with E-state index >= 15 is 0 Å². The van der Waals surface area contributed by atoms with Gasteiger partial charge in [0.1, 0.15) is 12.3 Å². The molecular formula is C18H17N3O2. The zero-order chi connectivity index (χ0) is 15.9. The molecule has 116 valence electrons. The average molecular weight is 307 g/mol. The van der Waals surface area contributed by atoms with Crippen LogP contribution in [0.3, 0.4) is 0 Å². The largest absolute Gasteiger partial charge is 0.445 e. The first-order valence-corrected chi connectivity index (χ1v) is 7.35. The van der Waals surface area contributed by atoms with Gasteiger partial charge in [-0.3, -0.25) is 0 Å². The molecule has 0 fully saturated rings. The number of benzene rings is 1. The number of amides is 1. The van der Waals surface area contributed by atoms with Crippen LogP contribution in [0.1, 0.15) is 11.1 Å². The van der Waals surface area contributed by atoms with E-state index in [1.807, 2.05) is 60.8 Å². The Labute approximate surface area is 134 Å². The number of aromatic nitrogens is 2. The molecule has 2 aromatic heterocycles. The fourth-order valence-corrected chi connectivity index (χ4v) is 2.16. The molecule has 0 aliphatic carbocycles. The molecule has 0 spiro atoms. The van der Waals surface area contributed by atoms with E-state index in [1.165, 1.54) is 0 Å². The Balaban J connectivity index is 1.44. The Morgan fingerprint density at radius 1 is 1.26 bits per heavy atom. The van der Waals surface area contributed by atoms with Gasteiger partial charge in [-0.15, -0.1) is 0 Å². The van der Waals surface area contributed by atoms with Crippen molar-refractivity contribution in [3.05, 3.63) is 72.1 Å². The van der Waals surface area contributed by atoms with Crippen LogP contribution in [0.15, 0.2) is 60.9 Å². The first-order valence-electron chi connectivity index (χ1n) is 7.35. The van der Waals surface area contributed by atoms with Crippen LogP contribution in [0.25, 0.3) is 17.1 Å². The summed E-state index contributed by atoms with van der Waals surface area (Å²) in [6, 6.07) is 13.6. The van der Waals surface area contributed by atoms with Crippen molar-refractivity contribution in [2.45, 2.75) is 6.61 Å². The summed E-state index contributed by atoms with van der Waals surface area (Å²) in [5.41, 5.74) is 2.81. The summed E-state index contributed by atoms with van der Waals surface area (Å²) in [5.74, 6) is 0. The van der Waals surface area contributed by atoms with E-state index in [0.717, 1.165) is 22.2 Å². The predicted octanol–water partition coefficient (Wildman–Crippen LogP) is 3.50. The molecular weight excluding hydrogens is 290 g/mol. The minimum Gasteiger partial charge on any atom is -0.445 e. The SMILES string of the molecule is O=C(NCC=Cc1cnc2[nH]ccc2c1)OCc1ccccc1. The van der Waals surface area contributed by atoms with Gasteiger partial charge >= 0.3 is 6.09 Å². The number of nitrogens with one attached hydrogen (secondary N) is 2. The number of rotatable bonds is 5. The van der Waals surface area contributed by atoms with Crippen molar-refractivity contribution in [1.29, 1.82) is 0 Å². The van der Waals surface area contributed by atoms with Crippen LogP contribution in [-0.2, 0) is 11.3 Å². The summed E-state index contributed by atoms with van der Waals surface area (Å²) in [7, 11) is 0. The van der Waals surface area contributed by atoms with Gasteiger partial charge in [0.15, 0.2) is 0 Å². The molecule has 5 nitrogen and oxygen atoms in total. The van der Waals surface area contributed by atoms with Gasteiger partial charge in [-0.1, -0.05) is 42.5 Å². The van der Waals surface area contributed by atoms with Crippen molar-refractivity contribution >= 4 is 23.2 Å². The van der Waals surface area contributed by atoms with Gasteiger partial charge < -0.3 is 15.0 Å². The van der Waals surface area contributed by atoms with Gasteiger partial charge in [0.25, 0.3) is 0 Å². The van der Waals surface area contributed by atoms with E-state index in [2.05, 4.69) is 15.3 Å². The molecule has 5 heteroatoms. The van der Waals surface area contributed by atoms with E-state index in [-0.39, 0.29) is 6.61 Å². The summed E-state index contributed by atoms with van der Waals surface area (Å²) < 4.78 is 5.13. The molecule has 1 aromatic carbocycles. The van der Waals surface area contributed by atoms with Crippen LogP contribution >= 0.6 is 0 Å². The summed E-state index contributed by atoms with van der Waals surface area (Å²) >= 11 is 0. The number of alkyl carbamates (subject to hydrolysis) is 1. The molecule has 23 heavy (non-hydrogen) atoms. The predicted molar refractivity (Wildman–Crippen MR) is 89.8 cm³/mol. The molecule has 0 unspecified atom stereocenters. The standard InChI is InChI=1S/C18H17N3O2/c22-18(23-13-14-5-2-1-3-6-14)20-9-4-7-15-11-16-8-10-19-17(16)21-12-15/h1-8,10-12H,9,13H2,(H,19,21)(H,20,22). The highest BCUT2D eigenvalue weighted by Gasteiger charge is 2.00. The average Bonchev–Trinajstić information content (AvgIpc) is 3.05. The van der Waals surface area contributed by atoms with E-state index in [4.69, 9.17) is 4.74 Å². The molecule has 3 aromatic rings. The minimum absolute atomic E-state index is 0.268. The number of carbonyl (C=O) groups excluding carboxylic acids is 1. The molecule has 0 aliphatic heterocycles. The topological polar surface area (TPSA) is 67.0 Å². The molecule has 0 saturated carbocycles. The zero-order valence-electron chi connectivity index (χ0n) is 12.5.